The zero-order valence-electron chi connectivity index (χ0n) is 9.35. The van der Waals surface area contributed by atoms with E-state index in [1.165, 1.54) is 11.1 Å². The molecule has 0 N–H and O–H groups in total. The quantitative estimate of drug-likeness (QED) is 0.683. The number of hydrogen-bond acceptors (Lipinski definition) is 2. The Hall–Kier alpha value is -1.96. The van der Waals surface area contributed by atoms with E-state index >= 15 is 0 Å². The van der Waals surface area contributed by atoms with Gasteiger partial charge in [-0.3, -0.25) is 0 Å². The van der Waals surface area contributed by atoms with E-state index in [9.17, 15) is 0 Å². The Morgan fingerprint density at radius 2 is 1.47 bits per heavy atom. The molecule has 2 aromatic carbocycles. The molecule has 2 nitrogen and oxygen atoms in total. The molecule has 84 valence electrons. The van der Waals surface area contributed by atoms with Gasteiger partial charge in [0, 0.05) is 12.0 Å². The summed E-state index contributed by atoms with van der Waals surface area (Å²) in [6.07, 6.45) is 1.91. The maximum Gasteiger partial charge on any atom is 0.278 e. The summed E-state index contributed by atoms with van der Waals surface area (Å²) in [6.45, 7) is 0. The second-order valence-corrected chi connectivity index (χ2v) is 4.56. The van der Waals surface area contributed by atoms with Crippen LogP contribution in [0.1, 0.15) is 17.5 Å². The molecule has 2 aromatic rings. The monoisotopic (exact) mass is 224 g/mol. The minimum Gasteiger partial charge on any atom is -0.444 e. The first-order chi connectivity index (χ1) is 8.37. The molecule has 1 aliphatic carbocycles. The summed E-state index contributed by atoms with van der Waals surface area (Å²) in [5.74, 6) is 1.13. The SMILES string of the molecule is c1ccc2c(c1)CCC21Oc2ccccc2O1. The van der Waals surface area contributed by atoms with E-state index in [0.717, 1.165) is 24.3 Å². The van der Waals surface area contributed by atoms with Gasteiger partial charge in [-0.1, -0.05) is 36.4 Å². The largest absolute Gasteiger partial charge is 0.444 e. The molecule has 0 saturated heterocycles. The number of aryl methyl sites for hydroxylation is 1. The molecule has 1 aliphatic heterocycles. The summed E-state index contributed by atoms with van der Waals surface area (Å²) < 4.78 is 12.1. The number of hydrogen-bond donors (Lipinski definition) is 0. The molecule has 1 heterocycles. The van der Waals surface area contributed by atoms with E-state index < -0.39 is 5.79 Å². The van der Waals surface area contributed by atoms with Gasteiger partial charge in [-0.2, -0.15) is 0 Å². The van der Waals surface area contributed by atoms with Crippen LogP contribution in [0.4, 0.5) is 0 Å². The van der Waals surface area contributed by atoms with Gasteiger partial charge in [0.1, 0.15) is 0 Å². The average molecular weight is 224 g/mol. The van der Waals surface area contributed by atoms with E-state index in [4.69, 9.17) is 9.47 Å². The maximum atomic E-state index is 6.06. The van der Waals surface area contributed by atoms with E-state index in [2.05, 4.69) is 18.2 Å². The Morgan fingerprint density at radius 1 is 0.824 bits per heavy atom. The Labute approximate surface area is 99.8 Å². The molecule has 0 atom stereocenters. The second-order valence-electron chi connectivity index (χ2n) is 4.56. The molecule has 0 saturated carbocycles. The number of para-hydroxylation sites is 2. The van der Waals surface area contributed by atoms with Crippen molar-refractivity contribution in [2.45, 2.75) is 18.6 Å². The van der Waals surface area contributed by atoms with Gasteiger partial charge >= 0.3 is 0 Å². The van der Waals surface area contributed by atoms with Gasteiger partial charge in [0.2, 0.25) is 0 Å². The van der Waals surface area contributed by atoms with Crippen LogP contribution >= 0.6 is 0 Å². The van der Waals surface area contributed by atoms with Crippen LogP contribution in [0.15, 0.2) is 48.5 Å². The van der Waals surface area contributed by atoms with Gasteiger partial charge in [-0.15, -0.1) is 0 Å². The fourth-order valence-corrected chi connectivity index (χ4v) is 2.75. The lowest BCUT2D eigenvalue weighted by Gasteiger charge is -2.23. The topological polar surface area (TPSA) is 18.5 Å². The van der Waals surface area contributed by atoms with Gasteiger partial charge in [0.15, 0.2) is 11.5 Å². The Balaban J connectivity index is 1.84. The molecular formula is C15H12O2. The Morgan fingerprint density at radius 3 is 2.24 bits per heavy atom. The fraction of sp³-hybridized carbons (Fsp3) is 0.200. The van der Waals surface area contributed by atoms with Gasteiger partial charge < -0.3 is 9.47 Å². The van der Waals surface area contributed by atoms with E-state index in [0.29, 0.717) is 0 Å². The van der Waals surface area contributed by atoms with Gasteiger partial charge in [-0.05, 0) is 24.1 Å². The Bertz CT molecular complexity index is 564. The summed E-state index contributed by atoms with van der Waals surface area (Å²) >= 11 is 0. The molecule has 2 heteroatoms. The van der Waals surface area contributed by atoms with Crippen LogP contribution in [-0.2, 0) is 12.2 Å². The Kier molecular flexibility index (Phi) is 1.63. The van der Waals surface area contributed by atoms with Crippen LogP contribution < -0.4 is 9.47 Å². The van der Waals surface area contributed by atoms with Gasteiger partial charge in [-0.25, -0.2) is 0 Å². The number of rotatable bonds is 0. The van der Waals surface area contributed by atoms with Crippen molar-refractivity contribution in [2.75, 3.05) is 0 Å². The molecule has 0 radical (unpaired) electrons. The zero-order valence-corrected chi connectivity index (χ0v) is 9.35. The summed E-state index contributed by atoms with van der Waals surface area (Å²) in [4.78, 5) is 0. The van der Waals surface area contributed by atoms with Gasteiger partial charge in [0.05, 0.1) is 0 Å². The lowest BCUT2D eigenvalue weighted by atomic mass is 10.1. The molecule has 1 spiro atoms. The van der Waals surface area contributed by atoms with Crippen LogP contribution in [0.3, 0.4) is 0 Å². The second kappa shape index (κ2) is 3.04. The first kappa shape index (κ1) is 9.11. The third kappa shape index (κ3) is 1.15. The number of benzene rings is 2. The molecular weight excluding hydrogens is 212 g/mol. The van der Waals surface area contributed by atoms with Crippen LogP contribution in [0.2, 0.25) is 0 Å². The fourth-order valence-electron chi connectivity index (χ4n) is 2.75. The standard InChI is InChI=1S/C15H12O2/c1-2-6-12-11(5-1)9-10-15(12)16-13-7-3-4-8-14(13)17-15/h1-8H,9-10H2. The number of fused-ring (bicyclic) bond motifs is 3. The van der Waals surface area contributed by atoms with Crippen LogP contribution in [0.25, 0.3) is 0 Å². The predicted octanol–water partition coefficient (Wildman–Crippen LogP) is 3.26. The normalized spacial score (nSPS) is 18.4. The smallest absolute Gasteiger partial charge is 0.278 e. The third-order valence-electron chi connectivity index (χ3n) is 3.55. The number of ether oxygens (including phenoxy) is 2. The maximum absolute atomic E-state index is 6.06. The van der Waals surface area contributed by atoms with Crippen molar-refractivity contribution in [1.82, 2.24) is 0 Å². The third-order valence-corrected chi connectivity index (χ3v) is 3.55. The first-order valence-corrected chi connectivity index (χ1v) is 5.93. The molecule has 0 amide bonds. The van der Waals surface area contributed by atoms with Crippen LogP contribution in [-0.4, -0.2) is 0 Å². The van der Waals surface area contributed by atoms with Gasteiger partial charge in [0.25, 0.3) is 5.79 Å². The van der Waals surface area contributed by atoms with Crippen molar-refractivity contribution in [3.8, 4) is 11.5 Å². The highest BCUT2D eigenvalue weighted by Gasteiger charge is 2.47. The molecule has 0 bridgehead atoms. The minimum absolute atomic E-state index is 0.569. The molecule has 17 heavy (non-hydrogen) atoms. The zero-order chi connectivity index (χ0) is 11.3. The average Bonchev–Trinajstić information content (AvgIpc) is 2.92. The lowest BCUT2D eigenvalue weighted by molar-refractivity contribution is -0.0838. The highest BCUT2D eigenvalue weighted by atomic mass is 16.7. The van der Waals surface area contributed by atoms with E-state index in [1.54, 1.807) is 0 Å². The first-order valence-electron chi connectivity index (χ1n) is 5.93. The highest BCUT2D eigenvalue weighted by molar-refractivity contribution is 5.47. The molecule has 4 rings (SSSR count). The molecule has 0 unspecified atom stereocenters. The highest BCUT2D eigenvalue weighted by Crippen LogP contribution is 2.49. The summed E-state index contributed by atoms with van der Waals surface area (Å²) in [5, 5.41) is 0. The lowest BCUT2D eigenvalue weighted by Crippen LogP contribution is -2.32. The summed E-state index contributed by atoms with van der Waals surface area (Å²) in [7, 11) is 0. The van der Waals surface area contributed by atoms with E-state index in [-0.39, 0.29) is 0 Å². The van der Waals surface area contributed by atoms with E-state index in [1.807, 2.05) is 30.3 Å². The summed E-state index contributed by atoms with van der Waals surface area (Å²) in [6, 6.07) is 16.2. The minimum atomic E-state index is -0.569. The molecule has 0 aromatic heterocycles. The van der Waals surface area contributed by atoms with Crippen molar-refractivity contribution in [1.29, 1.82) is 0 Å². The van der Waals surface area contributed by atoms with Crippen molar-refractivity contribution >= 4 is 0 Å². The molecule has 2 aliphatic rings. The van der Waals surface area contributed by atoms with Crippen LogP contribution in [0.5, 0.6) is 11.5 Å². The molecule has 0 fully saturated rings. The van der Waals surface area contributed by atoms with Crippen molar-refractivity contribution < 1.29 is 9.47 Å². The predicted molar refractivity (Wildman–Crippen MR) is 64.1 cm³/mol. The van der Waals surface area contributed by atoms with Crippen molar-refractivity contribution in [3.63, 3.8) is 0 Å². The summed E-state index contributed by atoms with van der Waals surface area (Å²) in [5.41, 5.74) is 2.51. The van der Waals surface area contributed by atoms with Crippen molar-refractivity contribution in [3.05, 3.63) is 59.7 Å². The van der Waals surface area contributed by atoms with Crippen molar-refractivity contribution in [2.24, 2.45) is 0 Å². The van der Waals surface area contributed by atoms with Crippen LogP contribution in [0, 0.1) is 0 Å².